The molecule has 2 aromatic heterocycles. The van der Waals surface area contributed by atoms with Crippen LogP contribution in [0.4, 0.5) is 0 Å². The standard InChI is InChI=1S/C22H17BrN4/c1-14-10-20-21(11-15(14)2)26-22(25-20)16(13-24)12-19-4-3-9-27(19)18-7-5-17(23)6-8-18/h3-12H,1-2H3,(H,25,26)/b16-12-. The number of nitrogens with one attached hydrogen (secondary N) is 1. The Labute approximate surface area is 165 Å². The minimum absolute atomic E-state index is 0.499. The molecule has 0 aliphatic carbocycles. The van der Waals surface area contributed by atoms with E-state index in [9.17, 15) is 5.26 Å². The smallest absolute Gasteiger partial charge is 0.149 e. The van der Waals surface area contributed by atoms with Gasteiger partial charge in [0.1, 0.15) is 11.9 Å². The molecule has 0 spiro atoms. The lowest BCUT2D eigenvalue weighted by molar-refractivity contribution is 1.06. The lowest BCUT2D eigenvalue weighted by atomic mass is 10.1. The van der Waals surface area contributed by atoms with E-state index in [1.807, 2.05) is 59.3 Å². The first-order valence-electron chi connectivity index (χ1n) is 8.57. The summed E-state index contributed by atoms with van der Waals surface area (Å²) >= 11 is 3.46. The van der Waals surface area contributed by atoms with Crippen LogP contribution in [0.3, 0.4) is 0 Å². The second-order valence-corrected chi connectivity index (χ2v) is 7.40. The molecule has 132 valence electrons. The van der Waals surface area contributed by atoms with Crippen LogP contribution in [0, 0.1) is 25.2 Å². The summed E-state index contributed by atoms with van der Waals surface area (Å²) in [4.78, 5) is 7.90. The first-order chi connectivity index (χ1) is 13.0. The third-order valence-electron chi connectivity index (χ3n) is 4.65. The Bertz CT molecular complexity index is 1160. The fourth-order valence-corrected chi connectivity index (χ4v) is 3.31. The molecule has 27 heavy (non-hydrogen) atoms. The number of fused-ring (bicyclic) bond motifs is 1. The summed E-state index contributed by atoms with van der Waals surface area (Å²) in [7, 11) is 0. The van der Waals surface area contributed by atoms with Gasteiger partial charge in [-0.2, -0.15) is 5.26 Å². The number of aryl methyl sites for hydroxylation is 2. The SMILES string of the molecule is Cc1cc2nc(/C(C#N)=C\c3cccn3-c3ccc(Br)cc3)[nH]c2cc1C. The average molecular weight is 417 g/mol. The molecule has 4 nitrogen and oxygen atoms in total. The second kappa shape index (κ2) is 6.90. The summed E-state index contributed by atoms with van der Waals surface area (Å²) < 4.78 is 3.07. The normalized spacial score (nSPS) is 11.7. The van der Waals surface area contributed by atoms with E-state index >= 15 is 0 Å². The molecule has 0 amide bonds. The lowest BCUT2D eigenvalue weighted by Crippen LogP contribution is -1.95. The number of aromatic amines is 1. The molecule has 0 atom stereocenters. The maximum atomic E-state index is 9.72. The number of halogens is 1. The highest BCUT2D eigenvalue weighted by Crippen LogP contribution is 2.23. The Morgan fingerprint density at radius 2 is 1.89 bits per heavy atom. The molecule has 4 aromatic rings. The molecule has 2 aromatic carbocycles. The Hall–Kier alpha value is -3.10. The van der Waals surface area contributed by atoms with Crippen LogP contribution in [0.5, 0.6) is 0 Å². The van der Waals surface area contributed by atoms with Crippen LogP contribution in [0.1, 0.15) is 22.6 Å². The number of aromatic nitrogens is 3. The van der Waals surface area contributed by atoms with Crippen molar-refractivity contribution in [3.8, 4) is 11.8 Å². The van der Waals surface area contributed by atoms with Crippen molar-refractivity contribution in [1.29, 1.82) is 5.26 Å². The monoisotopic (exact) mass is 416 g/mol. The lowest BCUT2D eigenvalue weighted by Gasteiger charge is -2.07. The van der Waals surface area contributed by atoms with Crippen molar-refractivity contribution >= 4 is 38.6 Å². The number of hydrogen-bond acceptors (Lipinski definition) is 2. The van der Waals surface area contributed by atoms with Crippen LogP contribution in [0.2, 0.25) is 0 Å². The molecule has 0 aliphatic rings. The number of hydrogen-bond donors (Lipinski definition) is 1. The first kappa shape index (κ1) is 17.3. The van der Waals surface area contributed by atoms with Crippen molar-refractivity contribution in [2.45, 2.75) is 13.8 Å². The van der Waals surface area contributed by atoms with Crippen molar-refractivity contribution in [1.82, 2.24) is 14.5 Å². The molecule has 0 saturated heterocycles. The number of imidazole rings is 1. The summed E-state index contributed by atoms with van der Waals surface area (Å²) in [5.41, 5.74) is 6.65. The zero-order valence-electron chi connectivity index (χ0n) is 15.0. The first-order valence-corrected chi connectivity index (χ1v) is 9.37. The van der Waals surface area contributed by atoms with Crippen molar-refractivity contribution in [3.05, 3.63) is 81.8 Å². The maximum absolute atomic E-state index is 9.72. The summed E-state index contributed by atoms with van der Waals surface area (Å²) in [5.74, 6) is 0.584. The number of H-pyrrole nitrogens is 1. The van der Waals surface area contributed by atoms with E-state index in [1.54, 1.807) is 0 Å². The van der Waals surface area contributed by atoms with Gasteiger partial charge in [0.05, 0.1) is 16.6 Å². The zero-order chi connectivity index (χ0) is 19.0. The van der Waals surface area contributed by atoms with Gasteiger partial charge in [-0.25, -0.2) is 4.98 Å². The Kier molecular flexibility index (Phi) is 4.43. The largest absolute Gasteiger partial charge is 0.337 e. The molecule has 0 unspecified atom stereocenters. The fourth-order valence-electron chi connectivity index (χ4n) is 3.05. The zero-order valence-corrected chi connectivity index (χ0v) is 16.6. The molecular weight excluding hydrogens is 400 g/mol. The molecule has 0 fully saturated rings. The number of allylic oxidation sites excluding steroid dienone is 1. The summed E-state index contributed by atoms with van der Waals surface area (Å²) in [5, 5.41) is 9.72. The number of benzene rings is 2. The van der Waals surface area contributed by atoms with Gasteiger partial charge in [-0.15, -0.1) is 0 Å². The number of nitriles is 1. The number of nitrogens with zero attached hydrogens (tertiary/aromatic N) is 3. The van der Waals surface area contributed by atoms with E-state index in [2.05, 4.69) is 51.9 Å². The van der Waals surface area contributed by atoms with Gasteiger partial charge >= 0.3 is 0 Å². The molecule has 1 N–H and O–H groups in total. The van der Waals surface area contributed by atoms with Gasteiger partial charge in [0.25, 0.3) is 0 Å². The minimum atomic E-state index is 0.499. The predicted molar refractivity (Wildman–Crippen MR) is 113 cm³/mol. The van der Waals surface area contributed by atoms with Crippen LogP contribution in [0.15, 0.2) is 59.2 Å². The summed E-state index contributed by atoms with van der Waals surface area (Å²) in [6.07, 6.45) is 3.84. The third-order valence-corrected chi connectivity index (χ3v) is 5.18. The van der Waals surface area contributed by atoms with Crippen molar-refractivity contribution < 1.29 is 0 Å². The van der Waals surface area contributed by atoms with E-state index in [0.29, 0.717) is 11.4 Å². The molecule has 0 saturated carbocycles. The van der Waals surface area contributed by atoms with Crippen LogP contribution >= 0.6 is 15.9 Å². The van der Waals surface area contributed by atoms with Gasteiger partial charge in [0, 0.05) is 22.1 Å². The van der Waals surface area contributed by atoms with Gasteiger partial charge < -0.3 is 9.55 Å². The minimum Gasteiger partial charge on any atom is -0.337 e. The highest BCUT2D eigenvalue weighted by molar-refractivity contribution is 9.10. The third kappa shape index (κ3) is 3.32. The van der Waals surface area contributed by atoms with Crippen LogP contribution in [0.25, 0.3) is 28.4 Å². The van der Waals surface area contributed by atoms with E-state index in [0.717, 1.165) is 26.9 Å². The van der Waals surface area contributed by atoms with E-state index < -0.39 is 0 Å². The highest BCUT2D eigenvalue weighted by Gasteiger charge is 2.11. The molecule has 2 heterocycles. The van der Waals surface area contributed by atoms with Gasteiger partial charge in [-0.1, -0.05) is 15.9 Å². The highest BCUT2D eigenvalue weighted by atomic mass is 79.9. The average Bonchev–Trinajstić information content (AvgIpc) is 3.27. The Morgan fingerprint density at radius 3 is 2.63 bits per heavy atom. The Balaban J connectivity index is 1.78. The second-order valence-electron chi connectivity index (χ2n) is 6.49. The van der Waals surface area contributed by atoms with Crippen molar-refractivity contribution in [2.24, 2.45) is 0 Å². The van der Waals surface area contributed by atoms with Gasteiger partial charge in [-0.3, -0.25) is 0 Å². The molecule has 5 heteroatoms. The topological polar surface area (TPSA) is 57.4 Å². The summed E-state index contributed by atoms with van der Waals surface area (Å²) in [6.45, 7) is 4.14. The van der Waals surface area contributed by atoms with Gasteiger partial charge in [-0.05, 0) is 79.6 Å². The van der Waals surface area contributed by atoms with Crippen molar-refractivity contribution in [2.75, 3.05) is 0 Å². The quantitative estimate of drug-likeness (QED) is 0.429. The molecule has 0 bridgehead atoms. The van der Waals surface area contributed by atoms with E-state index in [-0.39, 0.29) is 0 Å². The number of rotatable bonds is 3. The summed E-state index contributed by atoms with van der Waals surface area (Å²) in [6, 6.07) is 18.4. The van der Waals surface area contributed by atoms with Gasteiger partial charge in [0.15, 0.2) is 0 Å². The molecule has 0 radical (unpaired) electrons. The van der Waals surface area contributed by atoms with Crippen LogP contribution in [-0.4, -0.2) is 14.5 Å². The van der Waals surface area contributed by atoms with E-state index in [4.69, 9.17) is 0 Å². The van der Waals surface area contributed by atoms with E-state index in [1.165, 1.54) is 11.1 Å². The van der Waals surface area contributed by atoms with Crippen LogP contribution < -0.4 is 0 Å². The molecule has 4 rings (SSSR count). The molecule has 0 aliphatic heterocycles. The Morgan fingerprint density at radius 1 is 1.15 bits per heavy atom. The molecular formula is C22H17BrN4. The maximum Gasteiger partial charge on any atom is 0.149 e. The predicted octanol–water partition coefficient (Wildman–Crippen LogP) is 5.80. The van der Waals surface area contributed by atoms with Crippen molar-refractivity contribution in [3.63, 3.8) is 0 Å². The van der Waals surface area contributed by atoms with Gasteiger partial charge in [0.2, 0.25) is 0 Å². The van der Waals surface area contributed by atoms with Crippen LogP contribution in [-0.2, 0) is 0 Å². The fraction of sp³-hybridized carbons (Fsp3) is 0.0909.